The van der Waals surface area contributed by atoms with Gasteiger partial charge in [-0.25, -0.2) is 0 Å². The van der Waals surface area contributed by atoms with Crippen molar-refractivity contribution in [2.24, 2.45) is 0 Å². The molecule has 1 N–H and O–H groups in total. The maximum absolute atomic E-state index is 12.0. The summed E-state index contributed by atoms with van der Waals surface area (Å²) in [5.41, 5.74) is 1.15. The minimum absolute atomic E-state index is 0.120. The van der Waals surface area contributed by atoms with Crippen LogP contribution in [0.25, 0.3) is 0 Å². The highest BCUT2D eigenvalue weighted by Crippen LogP contribution is 2.28. The summed E-state index contributed by atoms with van der Waals surface area (Å²) in [4.78, 5) is 14.3. The van der Waals surface area contributed by atoms with Crippen molar-refractivity contribution in [2.45, 2.75) is 46.1 Å². The highest BCUT2D eigenvalue weighted by Gasteiger charge is 2.11. The van der Waals surface area contributed by atoms with Gasteiger partial charge in [0.05, 0.1) is 14.2 Å². The van der Waals surface area contributed by atoms with Crippen molar-refractivity contribution in [2.75, 3.05) is 33.9 Å². The van der Waals surface area contributed by atoms with Crippen molar-refractivity contribution in [3.63, 3.8) is 0 Å². The van der Waals surface area contributed by atoms with Crippen LogP contribution in [-0.4, -0.2) is 50.7 Å². The van der Waals surface area contributed by atoms with Gasteiger partial charge in [0, 0.05) is 19.0 Å². The van der Waals surface area contributed by atoms with Crippen molar-refractivity contribution < 1.29 is 14.3 Å². The van der Waals surface area contributed by atoms with Crippen LogP contribution >= 0.6 is 0 Å². The van der Waals surface area contributed by atoms with E-state index in [1.807, 2.05) is 18.2 Å². The van der Waals surface area contributed by atoms with Crippen LogP contribution in [0.4, 0.5) is 0 Å². The number of nitrogens with zero attached hydrogens (tertiary/aromatic N) is 1. The lowest BCUT2D eigenvalue weighted by molar-refractivity contribution is -0.121. The van der Waals surface area contributed by atoms with E-state index >= 15 is 0 Å². The van der Waals surface area contributed by atoms with E-state index in [2.05, 4.69) is 31.0 Å². The Morgan fingerprint density at radius 2 is 1.83 bits per heavy atom. The van der Waals surface area contributed by atoms with Crippen molar-refractivity contribution in [3.05, 3.63) is 23.8 Å². The number of ether oxygens (including phenoxy) is 2. The van der Waals surface area contributed by atoms with E-state index in [9.17, 15) is 4.79 Å². The zero-order valence-electron chi connectivity index (χ0n) is 15.7. The minimum Gasteiger partial charge on any atom is -0.493 e. The van der Waals surface area contributed by atoms with Gasteiger partial charge in [-0.2, -0.15) is 0 Å². The molecule has 1 rings (SSSR count). The Morgan fingerprint density at radius 1 is 1.17 bits per heavy atom. The highest BCUT2D eigenvalue weighted by atomic mass is 16.5. The number of hydrogen-bond acceptors (Lipinski definition) is 4. The van der Waals surface area contributed by atoms with E-state index < -0.39 is 0 Å². The molecule has 0 fully saturated rings. The van der Waals surface area contributed by atoms with E-state index in [4.69, 9.17) is 9.47 Å². The molecule has 1 aromatic carbocycles. The fourth-order valence-electron chi connectivity index (χ4n) is 2.82. The van der Waals surface area contributed by atoms with Crippen molar-refractivity contribution in [1.82, 2.24) is 10.2 Å². The Balaban J connectivity index is 2.35. The highest BCUT2D eigenvalue weighted by molar-refractivity contribution is 5.75. The molecule has 5 heteroatoms. The Labute approximate surface area is 146 Å². The number of benzene rings is 1. The third kappa shape index (κ3) is 6.40. The first-order chi connectivity index (χ1) is 11.5. The number of nitrogens with one attached hydrogen (secondary N) is 1. The van der Waals surface area contributed by atoms with Crippen LogP contribution < -0.4 is 14.8 Å². The summed E-state index contributed by atoms with van der Waals surface area (Å²) in [5.74, 6) is 1.58. The number of carbonyl (C=O) groups is 1. The third-order valence-electron chi connectivity index (χ3n) is 4.35. The second-order valence-corrected chi connectivity index (χ2v) is 5.92. The van der Waals surface area contributed by atoms with Crippen LogP contribution in [0.3, 0.4) is 0 Å². The van der Waals surface area contributed by atoms with Gasteiger partial charge in [0.1, 0.15) is 0 Å². The number of methoxy groups -OCH3 is 2. The fraction of sp³-hybridized carbons (Fsp3) is 0.632. The van der Waals surface area contributed by atoms with Crippen molar-refractivity contribution in [3.8, 4) is 11.5 Å². The monoisotopic (exact) mass is 336 g/mol. The summed E-state index contributed by atoms with van der Waals surface area (Å²) < 4.78 is 10.5. The third-order valence-corrected chi connectivity index (χ3v) is 4.35. The van der Waals surface area contributed by atoms with Crippen LogP contribution in [0.1, 0.15) is 39.2 Å². The van der Waals surface area contributed by atoms with Gasteiger partial charge in [-0.15, -0.1) is 0 Å². The Hall–Kier alpha value is -1.75. The van der Waals surface area contributed by atoms with E-state index in [1.54, 1.807) is 14.2 Å². The lowest BCUT2D eigenvalue weighted by Gasteiger charge is -2.26. The normalized spacial score (nSPS) is 12.1. The largest absolute Gasteiger partial charge is 0.493 e. The van der Waals surface area contributed by atoms with Gasteiger partial charge in [-0.3, -0.25) is 9.69 Å². The molecule has 0 bridgehead atoms. The molecule has 1 aromatic rings. The number of hydrogen-bond donors (Lipinski definition) is 1. The second kappa shape index (κ2) is 10.9. The molecular weight excluding hydrogens is 304 g/mol. The number of amides is 1. The van der Waals surface area contributed by atoms with Crippen LogP contribution in [0, 0.1) is 0 Å². The average Bonchev–Trinajstić information content (AvgIpc) is 2.60. The molecule has 0 aromatic heterocycles. The van der Waals surface area contributed by atoms with Gasteiger partial charge in [0.25, 0.3) is 0 Å². The molecule has 0 saturated heterocycles. The molecule has 136 valence electrons. The molecule has 5 nitrogen and oxygen atoms in total. The van der Waals surface area contributed by atoms with E-state index in [-0.39, 0.29) is 5.91 Å². The summed E-state index contributed by atoms with van der Waals surface area (Å²) in [6, 6.07) is 6.26. The molecule has 0 saturated carbocycles. The smallest absolute Gasteiger partial charge is 0.220 e. The quantitative estimate of drug-likeness (QED) is 0.675. The maximum Gasteiger partial charge on any atom is 0.220 e. The first kappa shape index (κ1) is 20.3. The molecule has 0 radical (unpaired) electrons. The molecule has 0 heterocycles. The lowest BCUT2D eigenvalue weighted by atomic mass is 10.1. The van der Waals surface area contributed by atoms with Crippen LogP contribution in [0.2, 0.25) is 0 Å². The van der Waals surface area contributed by atoms with E-state index in [0.717, 1.165) is 43.0 Å². The first-order valence-electron chi connectivity index (χ1n) is 8.77. The van der Waals surface area contributed by atoms with Gasteiger partial charge in [-0.05, 0) is 50.6 Å². The Morgan fingerprint density at radius 3 is 2.42 bits per heavy atom. The molecule has 1 amide bonds. The van der Waals surface area contributed by atoms with Crippen LogP contribution in [0.15, 0.2) is 18.2 Å². The van der Waals surface area contributed by atoms with Gasteiger partial charge in [-0.1, -0.05) is 19.9 Å². The summed E-state index contributed by atoms with van der Waals surface area (Å²) in [7, 11) is 3.26. The van der Waals surface area contributed by atoms with Crippen LogP contribution in [-0.2, 0) is 11.2 Å². The SMILES string of the molecule is CCN(CC)C(C)CNC(=O)CCCc1ccc(OC)c(OC)c1. The molecule has 1 atom stereocenters. The predicted molar refractivity (Wildman–Crippen MR) is 97.9 cm³/mol. The molecule has 0 aliphatic rings. The fourth-order valence-corrected chi connectivity index (χ4v) is 2.82. The first-order valence-corrected chi connectivity index (χ1v) is 8.77. The zero-order valence-corrected chi connectivity index (χ0v) is 15.7. The zero-order chi connectivity index (χ0) is 17.9. The summed E-state index contributed by atoms with van der Waals surface area (Å²) in [6.45, 7) is 9.16. The van der Waals surface area contributed by atoms with Gasteiger partial charge in [0.15, 0.2) is 11.5 Å². The number of likely N-dealkylation sites (N-methyl/N-ethyl adjacent to an activating group) is 1. The molecular formula is C19H32N2O3. The number of carbonyl (C=O) groups excluding carboxylic acids is 1. The summed E-state index contributed by atoms with van der Waals surface area (Å²) in [5, 5.41) is 3.03. The molecule has 0 aliphatic carbocycles. The van der Waals surface area contributed by atoms with Gasteiger partial charge < -0.3 is 14.8 Å². The standard InChI is InChI=1S/C19H32N2O3/c1-6-21(7-2)15(3)14-20-19(22)10-8-9-16-11-12-17(23-4)18(13-16)24-5/h11-13,15H,6-10,14H2,1-5H3,(H,20,22). The summed E-state index contributed by atoms with van der Waals surface area (Å²) >= 11 is 0. The van der Waals surface area contributed by atoms with Crippen molar-refractivity contribution >= 4 is 5.91 Å². The molecule has 24 heavy (non-hydrogen) atoms. The average molecular weight is 336 g/mol. The Kier molecular flexibility index (Phi) is 9.23. The topological polar surface area (TPSA) is 50.8 Å². The number of rotatable bonds is 11. The van der Waals surface area contributed by atoms with Crippen molar-refractivity contribution in [1.29, 1.82) is 0 Å². The van der Waals surface area contributed by atoms with Gasteiger partial charge in [0.2, 0.25) is 5.91 Å². The second-order valence-electron chi connectivity index (χ2n) is 5.92. The lowest BCUT2D eigenvalue weighted by Crippen LogP contribution is -2.41. The predicted octanol–water partition coefficient (Wildman–Crippen LogP) is 2.87. The molecule has 1 unspecified atom stereocenters. The van der Waals surface area contributed by atoms with Gasteiger partial charge >= 0.3 is 0 Å². The molecule has 0 aliphatic heterocycles. The molecule has 0 spiro atoms. The number of aryl methyl sites for hydroxylation is 1. The van der Waals surface area contributed by atoms with E-state index in [1.165, 1.54) is 0 Å². The van der Waals surface area contributed by atoms with Crippen LogP contribution in [0.5, 0.6) is 11.5 Å². The minimum atomic E-state index is 0.120. The van der Waals surface area contributed by atoms with E-state index in [0.29, 0.717) is 19.0 Å². The Bertz CT molecular complexity index is 501. The summed E-state index contributed by atoms with van der Waals surface area (Å²) in [6.07, 6.45) is 2.21. The maximum atomic E-state index is 12.0.